The summed E-state index contributed by atoms with van der Waals surface area (Å²) < 4.78 is 5.82. The van der Waals surface area contributed by atoms with Crippen LogP contribution in [0.2, 0.25) is 0 Å². The Kier molecular flexibility index (Phi) is 8.94. The molecule has 3 fully saturated rings. The molecule has 0 amide bonds. The van der Waals surface area contributed by atoms with Crippen molar-refractivity contribution in [1.29, 1.82) is 0 Å². The van der Waals surface area contributed by atoms with Crippen molar-refractivity contribution in [2.45, 2.75) is 71.5 Å². The number of ether oxygens (including phenoxy) is 1. The number of nitrogens with zero attached hydrogens (tertiary/aromatic N) is 3. The Labute approximate surface area is 177 Å². The number of likely N-dealkylation sites (tertiary alicyclic amines) is 1. The van der Waals surface area contributed by atoms with Crippen molar-refractivity contribution in [2.24, 2.45) is 10.4 Å². The van der Waals surface area contributed by atoms with Crippen molar-refractivity contribution >= 4 is 29.9 Å². The quantitative estimate of drug-likeness (QED) is 0.285. The lowest BCUT2D eigenvalue weighted by atomic mass is 9.86. The first-order valence-electron chi connectivity index (χ1n) is 10.5. The summed E-state index contributed by atoms with van der Waals surface area (Å²) in [6.45, 7) is 14.1. The Hall–Kier alpha value is -0.0800. The molecule has 0 radical (unpaired) electrons. The smallest absolute Gasteiger partial charge is 0.193 e. The fourth-order valence-electron chi connectivity index (χ4n) is 5.02. The molecule has 0 aromatic carbocycles. The first-order chi connectivity index (χ1) is 12.1. The fourth-order valence-corrected chi connectivity index (χ4v) is 5.02. The number of aliphatic imine (C=N–C) groups is 1. The number of rotatable bonds is 5. The summed E-state index contributed by atoms with van der Waals surface area (Å²) in [5, 5.41) is 3.53. The predicted octanol–water partition coefficient (Wildman–Crippen LogP) is 3.34. The molecular weight excluding hydrogens is 439 g/mol. The summed E-state index contributed by atoms with van der Waals surface area (Å²) in [6, 6.07) is 0. The van der Waals surface area contributed by atoms with Gasteiger partial charge in [-0.2, -0.15) is 0 Å². The zero-order valence-electron chi connectivity index (χ0n) is 17.0. The Balaban J connectivity index is 0.00000243. The Morgan fingerprint density at radius 1 is 1.15 bits per heavy atom. The van der Waals surface area contributed by atoms with Gasteiger partial charge in [0.1, 0.15) is 0 Å². The third-order valence-corrected chi connectivity index (χ3v) is 6.13. The molecule has 1 N–H and O–H groups in total. The minimum absolute atomic E-state index is 0. The van der Waals surface area contributed by atoms with E-state index in [-0.39, 0.29) is 24.0 Å². The van der Waals surface area contributed by atoms with E-state index in [1.807, 2.05) is 0 Å². The van der Waals surface area contributed by atoms with Gasteiger partial charge in [0.15, 0.2) is 5.96 Å². The van der Waals surface area contributed by atoms with Crippen LogP contribution in [0.5, 0.6) is 0 Å². The van der Waals surface area contributed by atoms with Gasteiger partial charge >= 0.3 is 0 Å². The summed E-state index contributed by atoms with van der Waals surface area (Å²) in [5.41, 5.74) is 0.607. The Morgan fingerprint density at radius 2 is 1.85 bits per heavy atom. The molecule has 1 spiro atoms. The van der Waals surface area contributed by atoms with Crippen LogP contribution in [0.4, 0.5) is 0 Å². The van der Waals surface area contributed by atoms with Crippen LogP contribution in [-0.2, 0) is 4.74 Å². The lowest BCUT2D eigenvalue weighted by molar-refractivity contribution is -0.0679. The second kappa shape index (κ2) is 10.5. The average Bonchev–Trinajstić information content (AvgIpc) is 3.20. The minimum atomic E-state index is 0. The molecule has 2 saturated heterocycles. The monoisotopic (exact) mass is 478 g/mol. The van der Waals surface area contributed by atoms with E-state index in [1.54, 1.807) is 0 Å². The van der Waals surface area contributed by atoms with Crippen LogP contribution in [0.1, 0.15) is 59.3 Å². The van der Waals surface area contributed by atoms with Gasteiger partial charge in [-0.25, -0.2) is 0 Å². The van der Waals surface area contributed by atoms with Crippen LogP contribution in [-0.4, -0.2) is 73.8 Å². The normalized spacial score (nSPS) is 29.2. The number of hydrogen-bond donors (Lipinski definition) is 1. The van der Waals surface area contributed by atoms with Crippen molar-refractivity contribution in [2.75, 3.05) is 45.8 Å². The molecule has 2 heterocycles. The van der Waals surface area contributed by atoms with Gasteiger partial charge in [0.25, 0.3) is 0 Å². The summed E-state index contributed by atoms with van der Waals surface area (Å²) >= 11 is 0. The molecule has 26 heavy (non-hydrogen) atoms. The third kappa shape index (κ3) is 5.96. The maximum Gasteiger partial charge on any atom is 0.193 e. The molecule has 0 aromatic rings. The second-order valence-corrected chi connectivity index (χ2v) is 8.48. The first-order valence-corrected chi connectivity index (χ1v) is 10.5. The Morgan fingerprint density at radius 3 is 2.50 bits per heavy atom. The van der Waals surface area contributed by atoms with Gasteiger partial charge in [-0.1, -0.05) is 12.8 Å². The maximum absolute atomic E-state index is 5.82. The van der Waals surface area contributed by atoms with E-state index in [9.17, 15) is 0 Å². The number of morpholine rings is 1. The van der Waals surface area contributed by atoms with Gasteiger partial charge in [0.05, 0.1) is 12.2 Å². The van der Waals surface area contributed by atoms with Crippen LogP contribution in [0.25, 0.3) is 0 Å². The van der Waals surface area contributed by atoms with Gasteiger partial charge in [-0.3, -0.25) is 9.89 Å². The highest BCUT2D eigenvalue weighted by atomic mass is 127. The molecule has 2 unspecified atom stereocenters. The van der Waals surface area contributed by atoms with Crippen LogP contribution in [0, 0.1) is 5.41 Å². The number of hydrogen-bond acceptors (Lipinski definition) is 3. The van der Waals surface area contributed by atoms with Crippen LogP contribution < -0.4 is 5.32 Å². The average molecular weight is 478 g/mol. The molecule has 3 aliphatic rings. The zero-order chi connectivity index (χ0) is 17.7. The van der Waals surface area contributed by atoms with E-state index in [1.165, 1.54) is 45.2 Å². The van der Waals surface area contributed by atoms with E-state index >= 15 is 0 Å². The largest absolute Gasteiger partial charge is 0.373 e. The molecule has 5 nitrogen and oxygen atoms in total. The number of nitrogens with one attached hydrogen (secondary N) is 1. The topological polar surface area (TPSA) is 40.1 Å². The molecule has 152 valence electrons. The first kappa shape index (κ1) is 22.2. The van der Waals surface area contributed by atoms with Gasteiger partial charge in [-0.15, -0.1) is 24.0 Å². The van der Waals surface area contributed by atoms with Gasteiger partial charge in [0, 0.05) is 45.8 Å². The molecule has 3 rings (SSSR count). The van der Waals surface area contributed by atoms with E-state index in [2.05, 4.69) is 35.9 Å². The van der Waals surface area contributed by atoms with Crippen LogP contribution in [0.15, 0.2) is 4.99 Å². The highest BCUT2D eigenvalue weighted by molar-refractivity contribution is 14.0. The molecule has 2 aliphatic heterocycles. The molecule has 1 saturated carbocycles. The van der Waals surface area contributed by atoms with E-state index in [0.717, 1.165) is 45.1 Å². The highest BCUT2D eigenvalue weighted by Gasteiger charge is 2.41. The second-order valence-electron chi connectivity index (χ2n) is 8.48. The van der Waals surface area contributed by atoms with Crippen molar-refractivity contribution in [3.8, 4) is 0 Å². The van der Waals surface area contributed by atoms with Crippen molar-refractivity contribution in [1.82, 2.24) is 15.1 Å². The van der Waals surface area contributed by atoms with Crippen molar-refractivity contribution < 1.29 is 4.74 Å². The SMILES string of the molecule is CCNC(=NCCCN1CC(C)OC(C)C1)N1CCC2(CCCC2)C1.I. The summed E-state index contributed by atoms with van der Waals surface area (Å²) in [7, 11) is 0. The summed E-state index contributed by atoms with van der Waals surface area (Å²) in [6.07, 6.45) is 8.92. The molecule has 0 bridgehead atoms. The molecule has 1 aliphatic carbocycles. The predicted molar refractivity (Wildman–Crippen MR) is 120 cm³/mol. The number of halogens is 1. The molecular formula is C20H39IN4O. The zero-order valence-corrected chi connectivity index (χ0v) is 19.3. The highest BCUT2D eigenvalue weighted by Crippen LogP contribution is 2.45. The van der Waals surface area contributed by atoms with Crippen LogP contribution >= 0.6 is 24.0 Å². The lowest BCUT2D eigenvalue weighted by Gasteiger charge is -2.35. The van der Waals surface area contributed by atoms with Crippen molar-refractivity contribution in [3.63, 3.8) is 0 Å². The van der Waals surface area contributed by atoms with Crippen molar-refractivity contribution in [3.05, 3.63) is 0 Å². The van der Waals surface area contributed by atoms with Crippen LogP contribution in [0.3, 0.4) is 0 Å². The summed E-state index contributed by atoms with van der Waals surface area (Å²) in [5.74, 6) is 1.15. The molecule has 6 heteroatoms. The van der Waals surface area contributed by atoms with E-state index in [4.69, 9.17) is 9.73 Å². The van der Waals surface area contributed by atoms with E-state index in [0.29, 0.717) is 17.6 Å². The van der Waals surface area contributed by atoms with E-state index < -0.39 is 0 Å². The standard InChI is InChI=1S/C20H38N4O.HI/c1-4-21-19(24-13-10-20(16-24)8-5-6-9-20)22-11-7-12-23-14-17(2)25-18(3)15-23;/h17-18H,4-16H2,1-3H3,(H,21,22);1H. The lowest BCUT2D eigenvalue weighted by Crippen LogP contribution is -2.45. The molecule has 0 aromatic heterocycles. The van der Waals surface area contributed by atoms with Gasteiger partial charge < -0.3 is 15.0 Å². The Bertz CT molecular complexity index is 443. The fraction of sp³-hybridized carbons (Fsp3) is 0.950. The van der Waals surface area contributed by atoms with Gasteiger partial charge in [-0.05, 0) is 51.9 Å². The van der Waals surface area contributed by atoms with Gasteiger partial charge in [0.2, 0.25) is 0 Å². The minimum Gasteiger partial charge on any atom is -0.373 e. The third-order valence-electron chi connectivity index (χ3n) is 6.13. The number of guanidine groups is 1. The summed E-state index contributed by atoms with van der Waals surface area (Å²) in [4.78, 5) is 10.00. The maximum atomic E-state index is 5.82. The molecule has 2 atom stereocenters.